The number of benzene rings is 1. The predicted octanol–water partition coefficient (Wildman–Crippen LogP) is 3.69. The molecule has 0 spiro atoms. The van der Waals surface area contributed by atoms with Crippen LogP contribution in [0.15, 0.2) is 11.0 Å². The third kappa shape index (κ3) is 6.05. The number of hydrogen-bond donors (Lipinski definition) is 1. The van der Waals surface area contributed by atoms with E-state index in [2.05, 4.69) is 13.8 Å². The minimum Gasteiger partial charge on any atom is -0.282 e. The highest BCUT2D eigenvalue weighted by molar-refractivity contribution is 7.86. The summed E-state index contributed by atoms with van der Waals surface area (Å²) in [5.74, 6) is 0. The third-order valence-electron chi connectivity index (χ3n) is 4.69. The topological polar surface area (TPSA) is 54.4 Å². The lowest BCUT2D eigenvalue weighted by molar-refractivity contribution is 0.483. The molecule has 132 valence electrons. The Morgan fingerprint density at radius 3 is 2.22 bits per heavy atom. The average molecular weight is 357 g/mol. The number of hydrogen-bond acceptors (Lipinski definition) is 2. The minimum atomic E-state index is -4.12. The molecule has 1 aromatic rings. The molecule has 0 saturated heterocycles. The van der Waals surface area contributed by atoms with Crippen LogP contribution in [0.2, 0.25) is 6.04 Å². The summed E-state index contributed by atoms with van der Waals surface area (Å²) in [6.45, 7) is 8.26. The summed E-state index contributed by atoms with van der Waals surface area (Å²) < 4.78 is 33.1. The van der Waals surface area contributed by atoms with Crippen LogP contribution in [0, 0.1) is 13.8 Å². The van der Waals surface area contributed by atoms with Gasteiger partial charge in [-0.3, -0.25) is 4.55 Å². The summed E-state index contributed by atoms with van der Waals surface area (Å²) in [6.07, 6.45) is 8.46. The second-order valence-electron chi connectivity index (χ2n) is 6.47. The Morgan fingerprint density at radius 1 is 1.04 bits per heavy atom. The van der Waals surface area contributed by atoms with Gasteiger partial charge in [0.15, 0.2) is 0 Å². The van der Waals surface area contributed by atoms with Crippen LogP contribution in [0.25, 0.3) is 0 Å². The van der Waals surface area contributed by atoms with Gasteiger partial charge in [-0.05, 0) is 48.2 Å². The van der Waals surface area contributed by atoms with Crippen molar-refractivity contribution < 1.29 is 13.0 Å². The molecule has 1 aromatic carbocycles. The quantitative estimate of drug-likeness (QED) is 0.395. The Kier molecular flexibility index (Phi) is 8.51. The van der Waals surface area contributed by atoms with Gasteiger partial charge in [0.2, 0.25) is 0 Å². The SMILES string of the molecule is CCCCCCCC[SiH2]c1c(S(=O)(=O)O)cc(C)c(CC)c1C. The first-order valence-electron chi connectivity index (χ1n) is 8.92. The van der Waals surface area contributed by atoms with E-state index in [1.165, 1.54) is 44.1 Å². The van der Waals surface area contributed by atoms with Crippen LogP contribution in [0.3, 0.4) is 0 Å². The van der Waals surface area contributed by atoms with Crippen LogP contribution < -0.4 is 5.19 Å². The Bertz CT molecular complexity index is 609. The molecule has 5 heteroatoms. The molecule has 0 aliphatic carbocycles. The zero-order chi connectivity index (χ0) is 17.5. The summed E-state index contributed by atoms with van der Waals surface area (Å²) in [6, 6.07) is 2.78. The van der Waals surface area contributed by atoms with Crippen LogP contribution in [0.5, 0.6) is 0 Å². The van der Waals surface area contributed by atoms with Gasteiger partial charge in [-0.1, -0.05) is 58.4 Å². The third-order valence-corrected chi connectivity index (χ3v) is 8.13. The van der Waals surface area contributed by atoms with Crippen LogP contribution in [0.1, 0.15) is 69.1 Å². The van der Waals surface area contributed by atoms with Crippen molar-refractivity contribution in [3.63, 3.8) is 0 Å². The summed E-state index contributed by atoms with van der Waals surface area (Å²) in [7, 11) is -4.80. The summed E-state index contributed by atoms with van der Waals surface area (Å²) in [5.41, 5.74) is 3.30. The van der Waals surface area contributed by atoms with Gasteiger partial charge in [0.25, 0.3) is 10.1 Å². The molecule has 0 amide bonds. The predicted molar refractivity (Wildman–Crippen MR) is 101 cm³/mol. The van der Waals surface area contributed by atoms with Gasteiger partial charge >= 0.3 is 0 Å². The van der Waals surface area contributed by atoms with Crippen LogP contribution in [-0.4, -0.2) is 22.5 Å². The number of aryl methyl sites for hydroxylation is 1. The smallest absolute Gasteiger partial charge is 0.282 e. The molecule has 1 N–H and O–H groups in total. The van der Waals surface area contributed by atoms with Crippen molar-refractivity contribution in [1.82, 2.24) is 0 Å². The number of unbranched alkanes of at least 4 members (excludes halogenated alkanes) is 5. The maximum atomic E-state index is 11.7. The summed E-state index contributed by atoms with van der Waals surface area (Å²) in [4.78, 5) is 0.169. The lowest BCUT2D eigenvalue weighted by atomic mass is 10.0. The molecule has 0 saturated carbocycles. The van der Waals surface area contributed by atoms with Gasteiger partial charge in [-0.15, -0.1) is 0 Å². The molecule has 0 fully saturated rings. The second-order valence-corrected chi connectivity index (χ2v) is 9.78. The zero-order valence-electron chi connectivity index (χ0n) is 15.1. The van der Waals surface area contributed by atoms with Gasteiger partial charge in [0, 0.05) is 0 Å². The fraction of sp³-hybridized carbons (Fsp3) is 0.667. The molecular weight excluding hydrogens is 324 g/mol. The Balaban J connectivity index is 2.83. The van der Waals surface area contributed by atoms with Crippen molar-refractivity contribution in [3.05, 3.63) is 22.8 Å². The molecule has 0 aromatic heterocycles. The van der Waals surface area contributed by atoms with Crippen LogP contribution >= 0.6 is 0 Å². The maximum absolute atomic E-state index is 11.7. The summed E-state index contributed by atoms with van der Waals surface area (Å²) in [5, 5.41) is 0.948. The van der Waals surface area contributed by atoms with Gasteiger partial charge < -0.3 is 0 Å². The lowest BCUT2D eigenvalue weighted by Gasteiger charge is -2.17. The molecule has 0 aliphatic rings. The largest absolute Gasteiger partial charge is 0.294 e. The molecule has 0 bridgehead atoms. The second kappa shape index (κ2) is 9.60. The van der Waals surface area contributed by atoms with E-state index in [4.69, 9.17) is 0 Å². The van der Waals surface area contributed by atoms with Gasteiger partial charge in [0.05, 0.1) is 14.4 Å². The van der Waals surface area contributed by atoms with Crippen LogP contribution in [-0.2, 0) is 16.5 Å². The first-order chi connectivity index (χ1) is 10.8. The maximum Gasteiger partial charge on any atom is 0.294 e. The molecule has 23 heavy (non-hydrogen) atoms. The van der Waals surface area contributed by atoms with Crippen LogP contribution in [0.4, 0.5) is 0 Å². The Labute approximate surface area is 144 Å². The molecule has 0 atom stereocenters. The van der Waals surface area contributed by atoms with E-state index in [-0.39, 0.29) is 4.90 Å². The molecule has 0 heterocycles. The monoisotopic (exact) mass is 356 g/mol. The Morgan fingerprint density at radius 2 is 1.65 bits per heavy atom. The molecule has 1 rings (SSSR count). The summed E-state index contributed by atoms with van der Waals surface area (Å²) >= 11 is 0. The van der Waals surface area contributed by atoms with Crippen molar-refractivity contribution >= 4 is 24.8 Å². The fourth-order valence-electron chi connectivity index (χ4n) is 3.38. The van der Waals surface area contributed by atoms with Crippen molar-refractivity contribution in [3.8, 4) is 0 Å². The molecule has 3 nitrogen and oxygen atoms in total. The highest BCUT2D eigenvalue weighted by Gasteiger charge is 2.20. The molecule has 0 unspecified atom stereocenters. The highest BCUT2D eigenvalue weighted by atomic mass is 32.2. The molecule has 0 aliphatic heterocycles. The fourth-order valence-corrected chi connectivity index (χ4v) is 6.91. The standard InChI is InChI=1S/C18H32O3SSi/c1-5-7-8-9-10-11-12-23-18-15(4)16(6-2)14(3)13-17(18)22(19,20)21/h13H,5-12,23H2,1-4H3,(H,19,20,21). The van der Waals surface area contributed by atoms with Crippen molar-refractivity contribution in [1.29, 1.82) is 0 Å². The van der Waals surface area contributed by atoms with Gasteiger partial charge in [-0.25, -0.2) is 0 Å². The first kappa shape index (κ1) is 20.4. The molecule has 0 radical (unpaired) electrons. The van der Waals surface area contributed by atoms with E-state index in [0.29, 0.717) is 0 Å². The van der Waals surface area contributed by atoms with Gasteiger partial charge in [0.1, 0.15) is 0 Å². The first-order valence-corrected chi connectivity index (χ1v) is 12.1. The average Bonchev–Trinajstić information content (AvgIpc) is 2.47. The van der Waals surface area contributed by atoms with Crippen molar-refractivity contribution in [2.75, 3.05) is 0 Å². The number of rotatable bonds is 10. The highest BCUT2D eigenvalue weighted by Crippen LogP contribution is 2.19. The normalized spacial score (nSPS) is 12.4. The van der Waals surface area contributed by atoms with E-state index in [1.54, 1.807) is 6.07 Å². The van der Waals surface area contributed by atoms with E-state index in [1.807, 2.05) is 13.8 Å². The van der Waals surface area contributed by atoms with Crippen molar-refractivity contribution in [2.24, 2.45) is 0 Å². The van der Waals surface area contributed by atoms with Gasteiger partial charge in [-0.2, -0.15) is 8.42 Å². The molecular formula is C18H32O3SSi. The Hall–Kier alpha value is -0.653. The van der Waals surface area contributed by atoms with E-state index in [0.717, 1.165) is 28.8 Å². The lowest BCUT2D eigenvalue weighted by Crippen LogP contribution is -2.27. The zero-order valence-corrected chi connectivity index (χ0v) is 17.3. The van der Waals surface area contributed by atoms with E-state index in [9.17, 15) is 13.0 Å². The van der Waals surface area contributed by atoms with E-state index < -0.39 is 19.6 Å². The minimum absolute atomic E-state index is 0.169. The van der Waals surface area contributed by atoms with E-state index >= 15 is 0 Å². The van der Waals surface area contributed by atoms with Crippen molar-refractivity contribution in [2.45, 2.75) is 83.6 Å².